The monoisotopic (exact) mass is 440 g/mol. The summed E-state index contributed by atoms with van der Waals surface area (Å²) in [6, 6.07) is 0. The summed E-state index contributed by atoms with van der Waals surface area (Å²) in [6.45, 7) is 4.34. The molecular weight excluding hydrogens is 392 g/mol. The van der Waals surface area contributed by atoms with E-state index < -0.39 is 0 Å². The largest absolute Gasteiger partial charge is 0.382 e. The van der Waals surface area contributed by atoms with E-state index in [1.54, 1.807) is 14.2 Å². The zero-order chi connectivity index (χ0) is 22.8. The number of nitrogens with zero attached hydrogens (tertiary/aromatic N) is 3. The van der Waals surface area contributed by atoms with Gasteiger partial charge in [-0.1, -0.05) is 75.9 Å². The summed E-state index contributed by atoms with van der Waals surface area (Å²) >= 11 is 0. The number of unbranched alkanes of at least 4 members (excludes halogenated alkanes) is 12. The van der Waals surface area contributed by atoms with Crippen LogP contribution in [0.1, 0.15) is 103 Å². The third kappa shape index (κ3) is 24.8. The van der Waals surface area contributed by atoms with Crippen molar-refractivity contribution in [1.82, 2.24) is 5.32 Å². The summed E-state index contributed by atoms with van der Waals surface area (Å²) in [6.07, 6.45) is 18.3. The molecule has 7 nitrogen and oxygen atoms in total. The normalized spacial score (nSPS) is 12.0. The third-order valence-corrected chi connectivity index (χ3v) is 5.25. The molecule has 0 radical (unpaired) electrons. The summed E-state index contributed by atoms with van der Waals surface area (Å²) in [7, 11) is 3.30. The molecule has 0 aliphatic carbocycles. The summed E-state index contributed by atoms with van der Waals surface area (Å²) in [5.41, 5.74) is 1.08. The van der Waals surface area contributed by atoms with Crippen LogP contribution in [0.25, 0.3) is 0 Å². The lowest BCUT2D eigenvalue weighted by molar-refractivity contribution is -0.121. The number of amides is 1. The van der Waals surface area contributed by atoms with E-state index in [0.29, 0.717) is 32.8 Å². The van der Waals surface area contributed by atoms with Gasteiger partial charge in [0.2, 0.25) is 5.91 Å². The van der Waals surface area contributed by atoms with Crippen LogP contribution in [0.15, 0.2) is 15.4 Å². The Labute approximate surface area is 190 Å². The van der Waals surface area contributed by atoms with Crippen LogP contribution in [-0.2, 0) is 14.3 Å². The van der Waals surface area contributed by atoms with E-state index in [1.807, 2.05) is 6.92 Å². The van der Waals surface area contributed by atoms with Gasteiger partial charge < -0.3 is 14.8 Å². The Morgan fingerprint density at radius 2 is 1.26 bits per heavy atom. The predicted molar refractivity (Wildman–Crippen MR) is 129 cm³/mol. The minimum atomic E-state index is 0.140. The fourth-order valence-electron chi connectivity index (χ4n) is 3.38. The summed E-state index contributed by atoms with van der Waals surface area (Å²) < 4.78 is 10.2. The standard InChI is InChI=1S/C24H48N4O3/c1-23(27-28-25-2)17-15-13-11-9-7-5-4-6-8-10-12-14-16-18-24(29)26-19-20-31-22-21-30-3/h4-22H2,1-3H3,(H,26,29)/b27-23+,28-25-. The van der Waals surface area contributed by atoms with E-state index in [9.17, 15) is 4.79 Å². The second-order valence-electron chi connectivity index (χ2n) is 8.18. The number of carbonyl (C=O) groups is 1. The number of ether oxygens (including phenoxy) is 2. The molecule has 0 unspecified atom stereocenters. The minimum Gasteiger partial charge on any atom is -0.382 e. The molecule has 0 bridgehead atoms. The lowest BCUT2D eigenvalue weighted by Gasteiger charge is -2.06. The number of methoxy groups -OCH3 is 1. The maximum Gasteiger partial charge on any atom is 0.220 e. The van der Waals surface area contributed by atoms with Crippen molar-refractivity contribution >= 4 is 11.6 Å². The van der Waals surface area contributed by atoms with Gasteiger partial charge in [-0.3, -0.25) is 4.79 Å². The van der Waals surface area contributed by atoms with E-state index in [1.165, 1.54) is 70.6 Å². The molecule has 0 saturated heterocycles. The Morgan fingerprint density at radius 3 is 1.77 bits per heavy atom. The summed E-state index contributed by atoms with van der Waals surface area (Å²) in [4.78, 5) is 11.7. The van der Waals surface area contributed by atoms with E-state index in [-0.39, 0.29) is 5.91 Å². The van der Waals surface area contributed by atoms with Crippen LogP contribution in [0, 0.1) is 0 Å². The maximum atomic E-state index is 11.7. The summed E-state index contributed by atoms with van der Waals surface area (Å²) in [5.74, 6) is 0.140. The molecule has 0 aromatic carbocycles. The first-order valence-electron chi connectivity index (χ1n) is 12.4. The van der Waals surface area contributed by atoms with Crippen LogP contribution in [-0.4, -0.2) is 52.1 Å². The van der Waals surface area contributed by atoms with E-state index in [0.717, 1.165) is 25.0 Å². The van der Waals surface area contributed by atoms with Gasteiger partial charge in [-0.25, -0.2) is 0 Å². The fraction of sp³-hybridized carbons (Fsp3) is 0.917. The summed E-state index contributed by atoms with van der Waals surface area (Å²) in [5, 5.41) is 14.2. The molecule has 0 saturated carbocycles. The maximum absolute atomic E-state index is 11.7. The number of hydrogen-bond acceptors (Lipinski definition) is 5. The first-order valence-corrected chi connectivity index (χ1v) is 12.4. The van der Waals surface area contributed by atoms with Crippen LogP contribution in [0.4, 0.5) is 0 Å². The highest BCUT2D eigenvalue weighted by atomic mass is 16.5. The Balaban J connectivity index is 3.20. The van der Waals surface area contributed by atoms with E-state index in [2.05, 4.69) is 20.8 Å². The molecule has 0 spiro atoms. The van der Waals surface area contributed by atoms with Crippen LogP contribution >= 0.6 is 0 Å². The van der Waals surface area contributed by atoms with Gasteiger partial charge >= 0.3 is 0 Å². The average Bonchev–Trinajstić information content (AvgIpc) is 2.77. The van der Waals surface area contributed by atoms with Gasteiger partial charge in [0.25, 0.3) is 0 Å². The highest BCUT2D eigenvalue weighted by molar-refractivity contribution is 5.81. The third-order valence-electron chi connectivity index (χ3n) is 5.25. The van der Waals surface area contributed by atoms with Gasteiger partial charge in [-0.15, -0.1) is 5.10 Å². The SMILES string of the molecule is C/N=N\N=C(/C)CCCCCCCCCCCCCCCC(=O)NCCOCCOC. The Bertz CT molecular complexity index is 456. The van der Waals surface area contributed by atoms with Crippen LogP contribution in [0.5, 0.6) is 0 Å². The Kier molecular flexibility index (Phi) is 23.8. The van der Waals surface area contributed by atoms with Gasteiger partial charge in [-0.2, -0.15) is 5.11 Å². The lowest BCUT2D eigenvalue weighted by atomic mass is 10.0. The van der Waals surface area contributed by atoms with Crippen LogP contribution in [0.2, 0.25) is 0 Å². The zero-order valence-electron chi connectivity index (χ0n) is 20.5. The van der Waals surface area contributed by atoms with Crippen molar-refractivity contribution in [2.45, 2.75) is 103 Å². The number of hydrogen-bond donors (Lipinski definition) is 1. The molecule has 0 atom stereocenters. The van der Waals surface area contributed by atoms with Gasteiger partial charge in [0.1, 0.15) is 0 Å². The van der Waals surface area contributed by atoms with Crippen molar-refractivity contribution in [2.24, 2.45) is 15.4 Å². The van der Waals surface area contributed by atoms with Gasteiger partial charge in [0.05, 0.1) is 26.9 Å². The highest BCUT2D eigenvalue weighted by Crippen LogP contribution is 2.13. The quantitative estimate of drug-likeness (QED) is 0.0905. The molecule has 0 heterocycles. The molecule has 31 heavy (non-hydrogen) atoms. The Hall–Kier alpha value is -1.34. The Morgan fingerprint density at radius 1 is 0.742 bits per heavy atom. The molecule has 0 aromatic rings. The van der Waals surface area contributed by atoms with Crippen molar-refractivity contribution in [3.05, 3.63) is 0 Å². The van der Waals surface area contributed by atoms with Crippen molar-refractivity contribution < 1.29 is 14.3 Å². The molecule has 7 heteroatoms. The predicted octanol–water partition coefficient (Wildman–Crippen LogP) is 6.08. The molecule has 0 rings (SSSR count). The average molecular weight is 441 g/mol. The smallest absolute Gasteiger partial charge is 0.220 e. The van der Waals surface area contributed by atoms with Crippen molar-refractivity contribution in [3.63, 3.8) is 0 Å². The van der Waals surface area contributed by atoms with E-state index >= 15 is 0 Å². The first-order chi connectivity index (χ1) is 15.2. The number of nitrogens with one attached hydrogen (secondary N) is 1. The van der Waals surface area contributed by atoms with Crippen molar-refractivity contribution in [1.29, 1.82) is 0 Å². The molecule has 0 fully saturated rings. The van der Waals surface area contributed by atoms with Crippen LogP contribution in [0.3, 0.4) is 0 Å². The fourth-order valence-corrected chi connectivity index (χ4v) is 3.38. The highest BCUT2D eigenvalue weighted by Gasteiger charge is 2.00. The van der Waals surface area contributed by atoms with Crippen molar-refractivity contribution in [3.8, 4) is 0 Å². The lowest BCUT2D eigenvalue weighted by Crippen LogP contribution is -2.27. The molecule has 0 aliphatic heterocycles. The second-order valence-corrected chi connectivity index (χ2v) is 8.18. The molecule has 0 aliphatic rings. The van der Waals surface area contributed by atoms with Crippen LogP contribution < -0.4 is 5.32 Å². The van der Waals surface area contributed by atoms with Crippen molar-refractivity contribution in [2.75, 3.05) is 40.5 Å². The molecule has 1 amide bonds. The van der Waals surface area contributed by atoms with Gasteiger partial charge in [0, 0.05) is 25.8 Å². The molecule has 1 N–H and O–H groups in total. The second kappa shape index (κ2) is 24.9. The number of rotatable bonds is 23. The number of carbonyl (C=O) groups excluding carboxylic acids is 1. The topological polar surface area (TPSA) is 84.6 Å². The van der Waals surface area contributed by atoms with Gasteiger partial charge in [0.15, 0.2) is 0 Å². The molecule has 0 aromatic heterocycles. The zero-order valence-corrected chi connectivity index (χ0v) is 20.5. The molecular formula is C24H48N4O3. The molecule has 182 valence electrons. The van der Waals surface area contributed by atoms with Gasteiger partial charge in [-0.05, 0) is 26.2 Å². The first kappa shape index (κ1) is 29.7. The minimum absolute atomic E-state index is 0.140. The van der Waals surface area contributed by atoms with E-state index in [4.69, 9.17) is 9.47 Å².